The highest BCUT2D eigenvalue weighted by Crippen LogP contribution is 2.26. The predicted octanol–water partition coefficient (Wildman–Crippen LogP) is 13.2. The molecule has 2 unspecified atom stereocenters. The minimum absolute atomic E-state index is 0.0342. The van der Waals surface area contributed by atoms with Gasteiger partial charge >= 0.3 is 11.9 Å². The summed E-state index contributed by atoms with van der Waals surface area (Å²) in [6, 6.07) is 0.681. The Labute approximate surface area is 359 Å². The van der Waals surface area contributed by atoms with Crippen LogP contribution in [-0.4, -0.2) is 85.9 Å². The Kier molecular flexibility index (Phi) is 38.1. The van der Waals surface area contributed by atoms with Gasteiger partial charge in [-0.15, -0.1) is 0 Å². The Bertz CT molecular complexity index is 982. The van der Waals surface area contributed by atoms with Gasteiger partial charge in [0.05, 0.1) is 19.8 Å². The zero-order valence-corrected chi connectivity index (χ0v) is 38.9. The molecule has 0 bridgehead atoms. The zero-order valence-electron chi connectivity index (χ0n) is 38.9. The summed E-state index contributed by atoms with van der Waals surface area (Å²) in [5.74, 6) is 0.253. The largest absolute Gasteiger partial charge is 0.465 e. The lowest BCUT2D eigenvalue weighted by atomic mass is 9.91. The quantitative estimate of drug-likeness (QED) is 0.0373. The Morgan fingerprint density at radius 2 is 1.10 bits per heavy atom. The molecule has 0 aromatic carbocycles. The molecule has 7 heteroatoms. The Hall–Kier alpha value is -1.70. The van der Waals surface area contributed by atoms with Gasteiger partial charge in [-0.3, -0.25) is 14.5 Å². The second-order valence-corrected chi connectivity index (χ2v) is 17.8. The molecule has 1 aliphatic carbocycles. The van der Waals surface area contributed by atoms with E-state index in [4.69, 9.17) is 9.47 Å². The highest BCUT2D eigenvalue weighted by atomic mass is 16.5. The van der Waals surface area contributed by atoms with E-state index in [9.17, 15) is 14.7 Å². The normalized spacial score (nSPS) is 14.5. The van der Waals surface area contributed by atoms with Gasteiger partial charge in [-0.05, 0) is 96.6 Å². The number of unbranched alkanes of at least 4 members (excludes halogenated alkanes) is 17. The fourth-order valence-corrected chi connectivity index (χ4v) is 8.06. The third-order valence-corrected chi connectivity index (χ3v) is 12.3. The Morgan fingerprint density at radius 1 is 0.586 bits per heavy atom. The van der Waals surface area contributed by atoms with Crippen molar-refractivity contribution in [2.75, 3.05) is 53.0 Å². The first kappa shape index (κ1) is 54.3. The molecule has 0 heterocycles. The van der Waals surface area contributed by atoms with E-state index in [1.54, 1.807) is 0 Å². The van der Waals surface area contributed by atoms with Crippen molar-refractivity contribution in [3.63, 3.8) is 0 Å². The number of aliphatic hydroxyl groups excluding tert-OH is 1. The first-order valence-corrected chi connectivity index (χ1v) is 25.1. The van der Waals surface area contributed by atoms with Crippen LogP contribution in [0.5, 0.6) is 0 Å². The summed E-state index contributed by atoms with van der Waals surface area (Å²) in [4.78, 5) is 31.0. The molecule has 7 nitrogen and oxygen atoms in total. The van der Waals surface area contributed by atoms with E-state index in [0.717, 1.165) is 83.8 Å². The highest BCUT2D eigenvalue weighted by molar-refractivity contribution is 5.70. The maximum Gasteiger partial charge on any atom is 0.306 e. The first-order chi connectivity index (χ1) is 28.4. The topological polar surface area (TPSA) is 79.3 Å². The lowest BCUT2D eigenvalue weighted by Crippen LogP contribution is -2.44. The molecular weight excluding hydrogens is 721 g/mol. The van der Waals surface area contributed by atoms with Crippen molar-refractivity contribution >= 4 is 11.9 Å². The van der Waals surface area contributed by atoms with Crippen LogP contribution in [0.2, 0.25) is 0 Å². The van der Waals surface area contributed by atoms with E-state index in [0.29, 0.717) is 44.6 Å². The van der Waals surface area contributed by atoms with E-state index in [1.807, 2.05) is 0 Å². The monoisotopic (exact) mass is 817 g/mol. The van der Waals surface area contributed by atoms with Crippen molar-refractivity contribution in [1.82, 2.24) is 9.80 Å². The van der Waals surface area contributed by atoms with Crippen molar-refractivity contribution in [1.29, 1.82) is 0 Å². The number of carbonyl (C=O) groups excluding carboxylic acids is 2. The summed E-state index contributed by atoms with van der Waals surface area (Å²) in [5.41, 5.74) is 0. The van der Waals surface area contributed by atoms with E-state index in [-0.39, 0.29) is 24.5 Å². The van der Waals surface area contributed by atoms with Gasteiger partial charge in [-0.2, -0.15) is 0 Å². The number of rotatable bonds is 43. The molecule has 0 aliphatic heterocycles. The molecular formula is C51H96N2O5. The van der Waals surface area contributed by atoms with Crippen molar-refractivity contribution in [3.05, 3.63) is 24.3 Å². The number of likely N-dealkylation sites (N-methyl/N-ethyl adjacent to an activating group) is 1. The maximum atomic E-state index is 13.3. The molecule has 1 fully saturated rings. The zero-order chi connectivity index (χ0) is 42.2. The van der Waals surface area contributed by atoms with Crippen LogP contribution >= 0.6 is 0 Å². The van der Waals surface area contributed by atoms with Gasteiger partial charge in [-0.1, -0.05) is 154 Å². The van der Waals surface area contributed by atoms with Crippen LogP contribution in [-0.2, 0) is 19.1 Å². The average Bonchev–Trinajstić information content (AvgIpc) is 3.19. The molecule has 0 amide bonds. The molecule has 0 saturated heterocycles. The van der Waals surface area contributed by atoms with Gasteiger partial charge in [0.25, 0.3) is 0 Å². The third kappa shape index (κ3) is 33.1. The molecule has 0 aromatic rings. The molecule has 2 atom stereocenters. The van der Waals surface area contributed by atoms with Crippen LogP contribution in [0.25, 0.3) is 0 Å². The fourth-order valence-electron chi connectivity index (χ4n) is 8.06. The van der Waals surface area contributed by atoms with Gasteiger partial charge in [0.1, 0.15) is 0 Å². The van der Waals surface area contributed by atoms with Crippen LogP contribution in [0, 0.1) is 11.8 Å². The Morgan fingerprint density at radius 3 is 1.72 bits per heavy atom. The number of esters is 2. The van der Waals surface area contributed by atoms with E-state index >= 15 is 0 Å². The summed E-state index contributed by atoms with van der Waals surface area (Å²) in [5, 5.41) is 9.33. The molecule has 1 rings (SSSR count). The number of allylic oxidation sites excluding steroid dienone is 4. The van der Waals surface area contributed by atoms with Gasteiger partial charge in [0.2, 0.25) is 0 Å². The smallest absolute Gasteiger partial charge is 0.306 e. The SMILES string of the molecule is CCCCC/C=C\C/C=C\CCCCCCCC(=O)OCC(CCCCN(CCN(C)CCO)C1CCC1)COC(=O)CC(CCCCCC)CCCCCCCC. The number of ether oxygens (including phenoxy) is 2. The van der Waals surface area contributed by atoms with Crippen LogP contribution in [0.4, 0.5) is 0 Å². The number of aliphatic hydroxyl groups is 1. The fraction of sp³-hybridized carbons (Fsp3) is 0.882. The molecule has 0 aromatic heterocycles. The van der Waals surface area contributed by atoms with E-state index < -0.39 is 0 Å². The van der Waals surface area contributed by atoms with Crippen LogP contribution < -0.4 is 0 Å². The van der Waals surface area contributed by atoms with Crippen molar-refractivity contribution in [2.24, 2.45) is 11.8 Å². The standard InChI is InChI=1S/C51H96N2O5/c1-5-8-11-14-16-17-18-19-20-21-22-23-24-26-29-38-50(55)57-45-48(35-30-31-39-53(49-36-32-37-49)41-40-52(4)42-43-54)46-58-51(56)44-47(33-27-13-10-7-3)34-28-25-15-12-9-6-2/h16-17,19-20,47-49,54H,5-15,18,21-46H2,1-4H3/b17-16-,20-19-. The molecule has 340 valence electrons. The average molecular weight is 817 g/mol. The summed E-state index contributed by atoms with van der Waals surface area (Å²) < 4.78 is 11.9. The van der Waals surface area contributed by atoms with E-state index in [1.165, 1.54) is 122 Å². The first-order valence-electron chi connectivity index (χ1n) is 25.1. The molecule has 0 spiro atoms. The lowest BCUT2D eigenvalue weighted by molar-refractivity contribution is -0.150. The summed E-state index contributed by atoms with van der Waals surface area (Å²) in [7, 11) is 2.09. The van der Waals surface area contributed by atoms with Gasteiger partial charge in [0.15, 0.2) is 0 Å². The molecule has 1 N–H and O–H groups in total. The number of carbonyl (C=O) groups is 2. The van der Waals surface area contributed by atoms with Gasteiger partial charge in [0, 0.05) is 44.4 Å². The molecule has 1 aliphatic rings. The van der Waals surface area contributed by atoms with Crippen molar-refractivity contribution < 1.29 is 24.2 Å². The maximum absolute atomic E-state index is 13.3. The minimum atomic E-state index is -0.115. The second-order valence-electron chi connectivity index (χ2n) is 17.8. The van der Waals surface area contributed by atoms with Crippen LogP contribution in [0.15, 0.2) is 24.3 Å². The molecule has 1 saturated carbocycles. The lowest BCUT2D eigenvalue weighted by Gasteiger charge is -2.38. The summed E-state index contributed by atoms with van der Waals surface area (Å²) in [6.07, 6.45) is 44.8. The van der Waals surface area contributed by atoms with Crippen molar-refractivity contribution in [2.45, 2.75) is 226 Å². The van der Waals surface area contributed by atoms with E-state index in [2.05, 4.69) is 61.9 Å². The number of hydrogen-bond donors (Lipinski definition) is 1. The third-order valence-electron chi connectivity index (χ3n) is 12.3. The van der Waals surface area contributed by atoms with Crippen LogP contribution in [0.1, 0.15) is 220 Å². The highest BCUT2D eigenvalue weighted by Gasteiger charge is 2.25. The summed E-state index contributed by atoms with van der Waals surface area (Å²) in [6.45, 7) is 11.4. The van der Waals surface area contributed by atoms with Crippen molar-refractivity contribution in [3.8, 4) is 0 Å². The van der Waals surface area contributed by atoms with Crippen LogP contribution in [0.3, 0.4) is 0 Å². The Balaban J connectivity index is 2.57. The number of nitrogens with zero attached hydrogens (tertiary/aromatic N) is 2. The molecule has 0 radical (unpaired) electrons. The predicted molar refractivity (Wildman–Crippen MR) is 247 cm³/mol. The van der Waals surface area contributed by atoms with Gasteiger partial charge in [-0.25, -0.2) is 0 Å². The summed E-state index contributed by atoms with van der Waals surface area (Å²) >= 11 is 0. The minimum Gasteiger partial charge on any atom is -0.465 e. The number of hydrogen-bond acceptors (Lipinski definition) is 7. The second kappa shape index (κ2) is 40.7. The van der Waals surface area contributed by atoms with Gasteiger partial charge < -0.3 is 19.5 Å². The molecule has 58 heavy (non-hydrogen) atoms.